The van der Waals surface area contributed by atoms with E-state index >= 15 is 0 Å². The van der Waals surface area contributed by atoms with Crippen molar-refractivity contribution in [1.29, 1.82) is 0 Å². The second kappa shape index (κ2) is 7.83. The van der Waals surface area contributed by atoms with Crippen molar-refractivity contribution >= 4 is 23.6 Å². The molecule has 2 N–H and O–H groups in total. The number of carbonyl (C=O) groups excluding carboxylic acids is 2. The Bertz CT molecular complexity index is 847. The van der Waals surface area contributed by atoms with E-state index in [1.54, 1.807) is 48.7 Å². The quantitative estimate of drug-likeness (QED) is 0.675. The van der Waals surface area contributed by atoms with E-state index in [4.69, 9.17) is 8.83 Å². The molecule has 0 fully saturated rings. The average Bonchev–Trinajstić information content (AvgIpc) is 3.33. The third kappa shape index (κ3) is 4.71. The van der Waals surface area contributed by atoms with Crippen LogP contribution in [0.1, 0.15) is 21.9 Å². The Hall–Kier alpha value is -3.54. The zero-order chi connectivity index (χ0) is 17.5. The van der Waals surface area contributed by atoms with Gasteiger partial charge in [-0.15, -0.1) is 0 Å². The van der Waals surface area contributed by atoms with Crippen LogP contribution in [-0.2, 0) is 11.3 Å². The number of hydrogen-bond donors (Lipinski definition) is 2. The van der Waals surface area contributed by atoms with Crippen LogP contribution in [0.4, 0.5) is 5.69 Å². The first-order chi connectivity index (χ1) is 12.2. The Balaban J connectivity index is 1.49. The van der Waals surface area contributed by atoms with Gasteiger partial charge in [0, 0.05) is 18.3 Å². The molecule has 0 bridgehead atoms. The van der Waals surface area contributed by atoms with Crippen molar-refractivity contribution in [2.45, 2.75) is 6.54 Å². The van der Waals surface area contributed by atoms with E-state index in [1.165, 1.54) is 12.3 Å². The first-order valence-electron chi connectivity index (χ1n) is 7.64. The highest BCUT2D eigenvalue weighted by Crippen LogP contribution is 2.12. The van der Waals surface area contributed by atoms with Crippen LogP contribution < -0.4 is 10.6 Å². The second-order valence-corrected chi connectivity index (χ2v) is 5.19. The van der Waals surface area contributed by atoms with E-state index < -0.39 is 0 Å². The van der Waals surface area contributed by atoms with Crippen LogP contribution >= 0.6 is 0 Å². The molecule has 126 valence electrons. The minimum atomic E-state index is -0.311. The zero-order valence-corrected chi connectivity index (χ0v) is 13.3. The molecular weight excluding hydrogens is 320 g/mol. The van der Waals surface area contributed by atoms with Crippen LogP contribution in [0.25, 0.3) is 6.08 Å². The molecule has 0 saturated carbocycles. The van der Waals surface area contributed by atoms with Crippen molar-refractivity contribution in [3.8, 4) is 0 Å². The predicted molar refractivity (Wildman–Crippen MR) is 92.7 cm³/mol. The summed E-state index contributed by atoms with van der Waals surface area (Å²) >= 11 is 0. The summed E-state index contributed by atoms with van der Waals surface area (Å²) in [5.41, 5.74) is 1.56. The van der Waals surface area contributed by atoms with E-state index in [0.717, 1.165) is 5.56 Å². The van der Waals surface area contributed by atoms with Gasteiger partial charge in [-0.1, -0.05) is 12.1 Å². The van der Waals surface area contributed by atoms with Crippen LogP contribution in [0.15, 0.2) is 76.0 Å². The van der Waals surface area contributed by atoms with Gasteiger partial charge in [0.15, 0.2) is 5.76 Å². The highest BCUT2D eigenvalue weighted by molar-refractivity contribution is 6.02. The van der Waals surface area contributed by atoms with E-state index in [1.807, 2.05) is 12.1 Å². The van der Waals surface area contributed by atoms with Crippen LogP contribution in [0.5, 0.6) is 0 Å². The Kier molecular flexibility index (Phi) is 5.11. The van der Waals surface area contributed by atoms with Crippen molar-refractivity contribution in [1.82, 2.24) is 5.32 Å². The summed E-state index contributed by atoms with van der Waals surface area (Å²) in [4.78, 5) is 23.6. The van der Waals surface area contributed by atoms with Crippen molar-refractivity contribution in [3.05, 3.63) is 84.2 Å². The molecule has 6 heteroatoms. The normalized spacial score (nSPS) is 10.7. The highest BCUT2D eigenvalue weighted by atomic mass is 16.3. The molecule has 0 atom stereocenters. The van der Waals surface area contributed by atoms with Crippen molar-refractivity contribution in [3.63, 3.8) is 0 Å². The van der Waals surface area contributed by atoms with Crippen LogP contribution in [0.3, 0.4) is 0 Å². The Morgan fingerprint density at radius 1 is 0.960 bits per heavy atom. The topological polar surface area (TPSA) is 84.5 Å². The lowest BCUT2D eigenvalue weighted by Gasteiger charge is -2.06. The van der Waals surface area contributed by atoms with E-state index in [0.29, 0.717) is 18.0 Å². The minimum absolute atomic E-state index is 0.216. The summed E-state index contributed by atoms with van der Waals surface area (Å²) in [6, 6.07) is 13.9. The van der Waals surface area contributed by atoms with E-state index in [9.17, 15) is 9.59 Å². The Labute approximate surface area is 144 Å². The summed E-state index contributed by atoms with van der Waals surface area (Å²) in [6.45, 7) is 0.383. The summed E-state index contributed by atoms with van der Waals surface area (Å²) in [5, 5.41) is 5.50. The number of benzene rings is 1. The number of furan rings is 2. The SMILES string of the molecule is O=C(/C=C/c1ccco1)NCc1ccc(NC(=O)c2ccco2)cc1. The number of nitrogens with one attached hydrogen (secondary N) is 2. The number of hydrogen-bond acceptors (Lipinski definition) is 4. The van der Waals surface area contributed by atoms with Gasteiger partial charge in [0.1, 0.15) is 5.76 Å². The van der Waals surface area contributed by atoms with Gasteiger partial charge in [0.05, 0.1) is 12.5 Å². The molecule has 2 aromatic heterocycles. The summed E-state index contributed by atoms with van der Waals surface area (Å²) in [6.07, 6.45) is 6.00. The van der Waals surface area contributed by atoms with Gasteiger partial charge in [0.25, 0.3) is 5.91 Å². The van der Waals surface area contributed by atoms with Gasteiger partial charge in [-0.25, -0.2) is 0 Å². The van der Waals surface area contributed by atoms with Gasteiger partial charge in [0.2, 0.25) is 5.91 Å². The monoisotopic (exact) mass is 336 g/mol. The summed E-state index contributed by atoms with van der Waals surface area (Å²) < 4.78 is 10.1. The third-order valence-corrected chi connectivity index (χ3v) is 3.37. The fourth-order valence-corrected chi connectivity index (χ4v) is 2.10. The van der Waals surface area contributed by atoms with Crippen LogP contribution in [0, 0.1) is 0 Å². The molecule has 0 saturated heterocycles. The molecule has 6 nitrogen and oxygen atoms in total. The second-order valence-electron chi connectivity index (χ2n) is 5.19. The molecule has 0 unspecified atom stereocenters. The molecule has 2 amide bonds. The van der Waals surface area contributed by atoms with E-state index in [2.05, 4.69) is 10.6 Å². The lowest BCUT2D eigenvalue weighted by atomic mass is 10.2. The molecule has 0 aliphatic heterocycles. The minimum Gasteiger partial charge on any atom is -0.465 e. The Morgan fingerprint density at radius 2 is 1.72 bits per heavy atom. The molecule has 1 aromatic carbocycles. The maximum Gasteiger partial charge on any atom is 0.291 e. The third-order valence-electron chi connectivity index (χ3n) is 3.37. The summed E-state index contributed by atoms with van der Waals surface area (Å²) in [5.74, 6) is 0.340. The first kappa shape index (κ1) is 16.3. The van der Waals surface area contributed by atoms with Gasteiger partial charge in [-0.3, -0.25) is 9.59 Å². The van der Waals surface area contributed by atoms with Crippen LogP contribution in [0.2, 0.25) is 0 Å². The smallest absolute Gasteiger partial charge is 0.291 e. The van der Waals surface area contributed by atoms with Crippen molar-refractivity contribution in [2.75, 3.05) is 5.32 Å². The maximum absolute atomic E-state index is 11.9. The molecular formula is C19H16N2O4. The molecule has 0 spiro atoms. The lowest BCUT2D eigenvalue weighted by Crippen LogP contribution is -2.20. The number of rotatable bonds is 6. The largest absolute Gasteiger partial charge is 0.465 e. The maximum atomic E-state index is 11.9. The number of anilines is 1. The zero-order valence-electron chi connectivity index (χ0n) is 13.3. The first-order valence-corrected chi connectivity index (χ1v) is 7.64. The molecule has 0 radical (unpaired) electrons. The fraction of sp³-hybridized carbons (Fsp3) is 0.0526. The molecule has 25 heavy (non-hydrogen) atoms. The standard InChI is InChI=1S/C19H16N2O4/c22-18(10-9-16-3-1-11-24-16)20-13-14-5-7-15(8-6-14)21-19(23)17-4-2-12-25-17/h1-12H,13H2,(H,20,22)(H,21,23)/b10-9+. The number of amides is 2. The predicted octanol–water partition coefficient (Wildman–Crippen LogP) is 3.45. The van der Waals surface area contributed by atoms with Crippen LogP contribution in [-0.4, -0.2) is 11.8 Å². The van der Waals surface area contributed by atoms with Gasteiger partial charge >= 0.3 is 0 Å². The lowest BCUT2D eigenvalue weighted by molar-refractivity contribution is -0.116. The molecule has 2 heterocycles. The van der Waals surface area contributed by atoms with Gasteiger partial charge < -0.3 is 19.5 Å². The van der Waals surface area contributed by atoms with Gasteiger partial charge in [-0.2, -0.15) is 0 Å². The molecule has 3 aromatic rings. The molecule has 0 aliphatic carbocycles. The van der Waals surface area contributed by atoms with Crippen molar-refractivity contribution in [2.24, 2.45) is 0 Å². The Morgan fingerprint density at radius 3 is 2.40 bits per heavy atom. The number of carbonyl (C=O) groups is 2. The van der Waals surface area contributed by atoms with Crippen molar-refractivity contribution < 1.29 is 18.4 Å². The fourth-order valence-electron chi connectivity index (χ4n) is 2.10. The van der Waals surface area contributed by atoms with E-state index in [-0.39, 0.29) is 17.6 Å². The molecule has 0 aliphatic rings. The highest BCUT2D eigenvalue weighted by Gasteiger charge is 2.08. The average molecular weight is 336 g/mol. The summed E-state index contributed by atoms with van der Waals surface area (Å²) in [7, 11) is 0. The van der Waals surface area contributed by atoms with Gasteiger partial charge in [-0.05, 0) is 48.0 Å². The molecule has 3 rings (SSSR count).